The van der Waals surface area contributed by atoms with Crippen LogP contribution in [0.4, 0.5) is 8.78 Å². The predicted molar refractivity (Wildman–Crippen MR) is 66.0 cm³/mol. The standard InChI is InChI=1S/C12H18ClF2N3/c1-8(2)7-18-10(6-13)16-17-11(18)9-3-4-12(14,15)5-9/h8-9H,3-7H2,1-2H3. The lowest BCUT2D eigenvalue weighted by molar-refractivity contribution is 0.00743. The molecule has 3 nitrogen and oxygen atoms in total. The number of halogens is 3. The van der Waals surface area contributed by atoms with Crippen LogP contribution in [0.3, 0.4) is 0 Å². The van der Waals surface area contributed by atoms with Gasteiger partial charge in [-0.25, -0.2) is 8.78 Å². The first-order chi connectivity index (χ1) is 8.43. The van der Waals surface area contributed by atoms with E-state index >= 15 is 0 Å². The van der Waals surface area contributed by atoms with Crippen molar-refractivity contribution in [3.63, 3.8) is 0 Å². The van der Waals surface area contributed by atoms with E-state index in [2.05, 4.69) is 24.0 Å². The Morgan fingerprint density at radius 3 is 2.67 bits per heavy atom. The zero-order valence-corrected chi connectivity index (χ0v) is 11.4. The summed E-state index contributed by atoms with van der Waals surface area (Å²) in [6, 6.07) is 0. The van der Waals surface area contributed by atoms with Gasteiger partial charge in [0.15, 0.2) is 0 Å². The average molecular weight is 278 g/mol. The summed E-state index contributed by atoms with van der Waals surface area (Å²) in [7, 11) is 0. The molecule has 0 aliphatic heterocycles. The Bertz CT molecular complexity index is 417. The van der Waals surface area contributed by atoms with Crippen LogP contribution in [0.1, 0.15) is 50.7 Å². The fraction of sp³-hybridized carbons (Fsp3) is 0.833. The molecule has 0 aromatic carbocycles. The van der Waals surface area contributed by atoms with Gasteiger partial charge in [0.1, 0.15) is 11.6 Å². The third kappa shape index (κ3) is 2.82. The van der Waals surface area contributed by atoms with E-state index in [9.17, 15) is 8.78 Å². The Balaban J connectivity index is 2.25. The van der Waals surface area contributed by atoms with Crippen LogP contribution in [0.15, 0.2) is 0 Å². The molecule has 0 saturated heterocycles. The van der Waals surface area contributed by atoms with Crippen molar-refractivity contribution in [1.82, 2.24) is 14.8 Å². The zero-order chi connectivity index (χ0) is 13.3. The molecule has 18 heavy (non-hydrogen) atoms. The normalized spacial score (nSPS) is 22.9. The van der Waals surface area contributed by atoms with Gasteiger partial charge in [0.25, 0.3) is 0 Å². The van der Waals surface area contributed by atoms with E-state index in [-0.39, 0.29) is 24.6 Å². The third-order valence-electron chi connectivity index (χ3n) is 3.29. The summed E-state index contributed by atoms with van der Waals surface area (Å²) >= 11 is 5.82. The maximum atomic E-state index is 13.3. The second-order valence-corrected chi connectivity index (χ2v) is 5.68. The van der Waals surface area contributed by atoms with Crippen LogP contribution >= 0.6 is 11.6 Å². The summed E-state index contributed by atoms with van der Waals surface area (Å²) in [5.74, 6) is -0.720. The summed E-state index contributed by atoms with van der Waals surface area (Å²) in [6.07, 6.45) is 0.305. The van der Waals surface area contributed by atoms with Crippen LogP contribution in [0.2, 0.25) is 0 Å². The summed E-state index contributed by atoms with van der Waals surface area (Å²) < 4.78 is 28.5. The van der Waals surface area contributed by atoms with Crippen LogP contribution in [0.5, 0.6) is 0 Å². The first kappa shape index (κ1) is 13.7. The fourth-order valence-corrected chi connectivity index (χ4v) is 2.68. The molecule has 1 aliphatic rings. The highest BCUT2D eigenvalue weighted by Crippen LogP contribution is 2.43. The summed E-state index contributed by atoms with van der Waals surface area (Å²) in [4.78, 5) is 0. The molecule has 1 aromatic heterocycles. The Kier molecular flexibility index (Phi) is 3.90. The monoisotopic (exact) mass is 277 g/mol. The molecule has 0 amide bonds. The largest absolute Gasteiger partial charge is 0.313 e. The van der Waals surface area contributed by atoms with Gasteiger partial charge in [-0.1, -0.05) is 13.8 Å². The number of rotatable bonds is 4. The van der Waals surface area contributed by atoms with Gasteiger partial charge in [-0.3, -0.25) is 0 Å². The first-order valence-electron chi connectivity index (χ1n) is 6.28. The molecule has 1 saturated carbocycles. The SMILES string of the molecule is CC(C)Cn1c(CCl)nnc1C1CCC(F)(F)C1. The van der Waals surface area contributed by atoms with Crippen LogP contribution in [0, 0.1) is 5.92 Å². The van der Waals surface area contributed by atoms with E-state index in [0.717, 1.165) is 6.54 Å². The molecule has 6 heteroatoms. The zero-order valence-electron chi connectivity index (χ0n) is 10.7. The van der Waals surface area contributed by atoms with Crippen LogP contribution in [-0.2, 0) is 12.4 Å². The Morgan fingerprint density at radius 2 is 2.17 bits per heavy atom. The van der Waals surface area contributed by atoms with E-state index in [4.69, 9.17) is 11.6 Å². The maximum Gasteiger partial charge on any atom is 0.248 e. The molecule has 1 atom stereocenters. The van der Waals surface area contributed by atoms with Crippen molar-refractivity contribution in [1.29, 1.82) is 0 Å². The molecule has 1 fully saturated rings. The lowest BCUT2D eigenvalue weighted by Gasteiger charge is -2.15. The van der Waals surface area contributed by atoms with Gasteiger partial charge in [0, 0.05) is 25.3 Å². The average Bonchev–Trinajstić information content (AvgIpc) is 2.81. The quantitative estimate of drug-likeness (QED) is 0.788. The number of hydrogen-bond acceptors (Lipinski definition) is 2. The molecule has 1 aromatic rings. The highest BCUT2D eigenvalue weighted by Gasteiger charge is 2.42. The molecular weight excluding hydrogens is 260 g/mol. The van der Waals surface area contributed by atoms with E-state index in [1.54, 1.807) is 0 Å². The number of nitrogens with zero attached hydrogens (tertiary/aromatic N) is 3. The summed E-state index contributed by atoms with van der Waals surface area (Å²) in [6.45, 7) is 4.88. The molecular formula is C12H18ClF2N3. The number of aromatic nitrogens is 3. The van der Waals surface area contributed by atoms with Crippen molar-refractivity contribution < 1.29 is 8.78 Å². The van der Waals surface area contributed by atoms with Crippen LogP contribution in [0.25, 0.3) is 0 Å². The second kappa shape index (κ2) is 5.11. The minimum atomic E-state index is -2.56. The summed E-state index contributed by atoms with van der Waals surface area (Å²) in [5.41, 5.74) is 0. The van der Waals surface area contributed by atoms with Crippen molar-refractivity contribution in [3.05, 3.63) is 11.6 Å². The van der Waals surface area contributed by atoms with E-state index in [0.29, 0.717) is 24.0 Å². The molecule has 2 rings (SSSR count). The summed E-state index contributed by atoms with van der Waals surface area (Å²) in [5, 5.41) is 8.10. The lowest BCUT2D eigenvalue weighted by atomic mass is 10.1. The van der Waals surface area contributed by atoms with Crippen LogP contribution in [-0.4, -0.2) is 20.7 Å². The van der Waals surface area contributed by atoms with Gasteiger partial charge in [0.05, 0.1) is 5.88 Å². The minimum absolute atomic E-state index is 0.0532. The van der Waals surface area contributed by atoms with Gasteiger partial charge in [0.2, 0.25) is 5.92 Å². The molecule has 1 unspecified atom stereocenters. The molecule has 0 N–H and O–H groups in total. The molecule has 102 valence electrons. The Labute approximate surface area is 111 Å². The van der Waals surface area contributed by atoms with E-state index in [1.807, 2.05) is 4.57 Å². The Morgan fingerprint density at radius 1 is 1.44 bits per heavy atom. The van der Waals surface area contributed by atoms with E-state index < -0.39 is 5.92 Å². The molecule has 0 radical (unpaired) electrons. The van der Waals surface area contributed by atoms with Gasteiger partial charge in [-0.15, -0.1) is 21.8 Å². The van der Waals surface area contributed by atoms with Gasteiger partial charge in [-0.2, -0.15) is 0 Å². The van der Waals surface area contributed by atoms with Crippen molar-refractivity contribution >= 4 is 11.6 Å². The molecule has 1 heterocycles. The van der Waals surface area contributed by atoms with Crippen LogP contribution < -0.4 is 0 Å². The second-order valence-electron chi connectivity index (χ2n) is 5.41. The highest BCUT2D eigenvalue weighted by molar-refractivity contribution is 6.16. The van der Waals surface area contributed by atoms with Crippen molar-refractivity contribution in [2.45, 2.75) is 57.4 Å². The fourth-order valence-electron chi connectivity index (χ4n) is 2.48. The van der Waals surface area contributed by atoms with Crippen molar-refractivity contribution in [3.8, 4) is 0 Å². The molecule has 1 aliphatic carbocycles. The lowest BCUT2D eigenvalue weighted by Crippen LogP contribution is -2.15. The predicted octanol–water partition coefficient (Wildman–Crippen LogP) is 3.58. The van der Waals surface area contributed by atoms with Gasteiger partial charge in [-0.05, 0) is 12.3 Å². The number of alkyl halides is 3. The third-order valence-corrected chi connectivity index (χ3v) is 3.53. The molecule has 0 bridgehead atoms. The van der Waals surface area contributed by atoms with Crippen molar-refractivity contribution in [2.75, 3.05) is 0 Å². The topological polar surface area (TPSA) is 30.7 Å². The van der Waals surface area contributed by atoms with Crippen molar-refractivity contribution in [2.24, 2.45) is 5.92 Å². The Hall–Kier alpha value is -0.710. The van der Waals surface area contributed by atoms with Gasteiger partial charge >= 0.3 is 0 Å². The van der Waals surface area contributed by atoms with E-state index in [1.165, 1.54) is 0 Å². The minimum Gasteiger partial charge on any atom is -0.313 e. The smallest absolute Gasteiger partial charge is 0.248 e. The number of hydrogen-bond donors (Lipinski definition) is 0. The van der Waals surface area contributed by atoms with Gasteiger partial charge < -0.3 is 4.57 Å². The maximum absolute atomic E-state index is 13.3. The molecule has 0 spiro atoms. The first-order valence-corrected chi connectivity index (χ1v) is 6.82. The highest BCUT2D eigenvalue weighted by atomic mass is 35.5.